The molecular formula is C18H16N2O6. The van der Waals surface area contributed by atoms with E-state index < -0.39 is 25.2 Å². The van der Waals surface area contributed by atoms with Gasteiger partial charge in [0.1, 0.15) is 11.5 Å². The fourth-order valence-corrected chi connectivity index (χ4v) is 2.65. The summed E-state index contributed by atoms with van der Waals surface area (Å²) in [6.45, 7) is -1.02. The summed E-state index contributed by atoms with van der Waals surface area (Å²) in [5.74, 6) is -1.55. The molecule has 0 bridgehead atoms. The van der Waals surface area contributed by atoms with Crippen molar-refractivity contribution in [1.82, 2.24) is 0 Å². The van der Waals surface area contributed by atoms with Crippen LogP contribution in [0.25, 0.3) is 21.5 Å². The number of anilines is 2. The molecule has 3 aromatic carbocycles. The van der Waals surface area contributed by atoms with Crippen LogP contribution in [0.5, 0.6) is 11.5 Å². The van der Waals surface area contributed by atoms with Crippen LogP contribution in [-0.2, 0) is 9.59 Å². The Morgan fingerprint density at radius 2 is 1.15 bits per heavy atom. The third-order valence-corrected chi connectivity index (χ3v) is 3.80. The predicted octanol–water partition coefficient (Wildman–Crippen LogP) is 2.08. The maximum Gasteiger partial charge on any atom is 0.341 e. The van der Waals surface area contributed by atoms with Gasteiger partial charge in [-0.3, -0.25) is 0 Å². The lowest BCUT2D eigenvalue weighted by Gasteiger charge is -2.14. The minimum absolute atomic E-state index is 0.336. The highest BCUT2D eigenvalue weighted by Gasteiger charge is 2.13. The molecule has 0 amide bonds. The highest BCUT2D eigenvalue weighted by Crippen LogP contribution is 2.37. The number of nitrogens with two attached hydrogens (primary N) is 2. The molecule has 0 unspecified atom stereocenters. The molecule has 3 rings (SSSR count). The third-order valence-electron chi connectivity index (χ3n) is 3.80. The first-order valence-electron chi connectivity index (χ1n) is 7.60. The summed E-state index contributed by atoms with van der Waals surface area (Å²) < 4.78 is 10.7. The highest BCUT2D eigenvalue weighted by atomic mass is 16.5. The van der Waals surface area contributed by atoms with E-state index >= 15 is 0 Å². The van der Waals surface area contributed by atoms with Crippen LogP contribution >= 0.6 is 0 Å². The van der Waals surface area contributed by atoms with Crippen LogP contribution in [0.3, 0.4) is 0 Å². The molecule has 0 spiro atoms. The number of carbonyl (C=O) groups is 2. The summed E-state index contributed by atoms with van der Waals surface area (Å²) in [6.07, 6.45) is 0. The second kappa shape index (κ2) is 6.67. The molecule has 6 N–H and O–H groups in total. The van der Waals surface area contributed by atoms with E-state index in [1.807, 2.05) is 0 Å². The molecule has 134 valence electrons. The Kier molecular flexibility index (Phi) is 4.40. The van der Waals surface area contributed by atoms with Crippen LogP contribution in [0.15, 0.2) is 36.4 Å². The zero-order chi connectivity index (χ0) is 18.8. The number of hydrogen-bond acceptors (Lipinski definition) is 6. The van der Waals surface area contributed by atoms with Crippen LogP contribution in [0.1, 0.15) is 0 Å². The SMILES string of the molecule is Nc1cc2cc3c(OCC(=O)O)ccc(OCC(=O)O)c3cc2cc1N. The minimum Gasteiger partial charge on any atom is -0.481 e. The molecule has 0 fully saturated rings. The molecule has 0 atom stereocenters. The van der Waals surface area contributed by atoms with Gasteiger partial charge in [0.15, 0.2) is 13.2 Å². The molecule has 8 nitrogen and oxygen atoms in total. The van der Waals surface area contributed by atoms with Gasteiger partial charge in [-0.1, -0.05) is 0 Å². The number of nitrogen functional groups attached to an aromatic ring is 2. The van der Waals surface area contributed by atoms with Crippen LogP contribution in [-0.4, -0.2) is 35.4 Å². The van der Waals surface area contributed by atoms with Gasteiger partial charge in [0.25, 0.3) is 0 Å². The molecule has 0 aliphatic rings. The minimum atomic E-state index is -1.11. The van der Waals surface area contributed by atoms with Gasteiger partial charge in [-0.25, -0.2) is 9.59 Å². The zero-order valence-corrected chi connectivity index (χ0v) is 13.6. The molecular weight excluding hydrogens is 340 g/mol. The summed E-state index contributed by atoms with van der Waals surface area (Å²) in [7, 11) is 0. The van der Waals surface area contributed by atoms with E-state index in [9.17, 15) is 9.59 Å². The van der Waals surface area contributed by atoms with Crippen molar-refractivity contribution in [3.8, 4) is 11.5 Å². The largest absolute Gasteiger partial charge is 0.481 e. The highest BCUT2D eigenvalue weighted by molar-refractivity contribution is 6.05. The summed E-state index contributed by atoms with van der Waals surface area (Å²) in [5.41, 5.74) is 12.5. The Hall–Kier alpha value is -3.68. The first-order valence-corrected chi connectivity index (χ1v) is 7.60. The van der Waals surface area contributed by atoms with Gasteiger partial charge in [0.2, 0.25) is 0 Å². The average Bonchev–Trinajstić information content (AvgIpc) is 2.58. The van der Waals surface area contributed by atoms with Crippen LogP contribution in [0, 0.1) is 0 Å². The normalized spacial score (nSPS) is 10.8. The van der Waals surface area contributed by atoms with Crippen molar-refractivity contribution in [3.63, 3.8) is 0 Å². The van der Waals surface area contributed by atoms with E-state index in [1.54, 1.807) is 24.3 Å². The number of ether oxygens (including phenoxy) is 2. The summed E-state index contributed by atoms with van der Waals surface area (Å²) in [4.78, 5) is 21.6. The third kappa shape index (κ3) is 3.39. The van der Waals surface area contributed by atoms with Gasteiger partial charge >= 0.3 is 11.9 Å². The van der Waals surface area contributed by atoms with Crippen molar-refractivity contribution < 1.29 is 29.3 Å². The second-order valence-electron chi connectivity index (χ2n) is 5.65. The van der Waals surface area contributed by atoms with Crippen LogP contribution in [0.2, 0.25) is 0 Å². The Bertz CT molecular complexity index is 949. The Morgan fingerprint density at radius 3 is 1.50 bits per heavy atom. The molecule has 0 heterocycles. The molecule has 0 aliphatic heterocycles. The van der Waals surface area contributed by atoms with E-state index in [4.69, 9.17) is 31.2 Å². The van der Waals surface area contributed by atoms with Gasteiger partial charge in [0, 0.05) is 10.8 Å². The van der Waals surface area contributed by atoms with Crippen LogP contribution in [0.4, 0.5) is 11.4 Å². The van der Waals surface area contributed by atoms with Crippen molar-refractivity contribution in [1.29, 1.82) is 0 Å². The number of fused-ring (bicyclic) bond motifs is 2. The zero-order valence-electron chi connectivity index (χ0n) is 13.6. The predicted molar refractivity (Wildman–Crippen MR) is 96.5 cm³/mol. The molecule has 3 aromatic rings. The number of carboxylic acid groups (broad SMARTS) is 2. The Morgan fingerprint density at radius 1 is 0.769 bits per heavy atom. The number of benzene rings is 3. The van der Waals surface area contributed by atoms with Gasteiger partial charge in [-0.15, -0.1) is 0 Å². The number of rotatable bonds is 6. The second-order valence-corrected chi connectivity index (χ2v) is 5.65. The lowest BCUT2D eigenvalue weighted by atomic mass is 10.0. The fourth-order valence-electron chi connectivity index (χ4n) is 2.65. The van der Waals surface area contributed by atoms with E-state index in [0.29, 0.717) is 33.6 Å². The quantitative estimate of drug-likeness (QED) is 0.388. The van der Waals surface area contributed by atoms with Gasteiger partial charge < -0.3 is 31.2 Å². The molecule has 8 heteroatoms. The summed E-state index contributed by atoms with van der Waals surface area (Å²) in [6, 6.07) is 10.0. The summed E-state index contributed by atoms with van der Waals surface area (Å²) >= 11 is 0. The fraction of sp³-hybridized carbons (Fsp3) is 0.111. The van der Waals surface area contributed by atoms with Gasteiger partial charge in [-0.2, -0.15) is 0 Å². The molecule has 0 saturated carbocycles. The first kappa shape index (κ1) is 17.2. The molecule has 0 saturated heterocycles. The van der Waals surface area contributed by atoms with E-state index in [1.165, 1.54) is 12.1 Å². The topological polar surface area (TPSA) is 145 Å². The average molecular weight is 356 g/mol. The van der Waals surface area contributed by atoms with Gasteiger partial charge in [0.05, 0.1) is 11.4 Å². The lowest BCUT2D eigenvalue weighted by molar-refractivity contribution is -0.140. The van der Waals surface area contributed by atoms with Crippen molar-refractivity contribution in [2.45, 2.75) is 0 Å². The maximum atomic E-state index is 10.8. The monoisotopic (exact) mass is 356 g/mol. The number of aliphatic carboxylic acids is 2. The van der Waals surface area contributed by atoms with E-state index in [2.05, 4.69) is 0 Å². The van der Waals surface area contributed by atoms with Crippen molar-refractivity contribution in [3.05, 3.63) is 36.4 Å². The Labute approximate surface area is 147 Å². The molecule has 0 aromatic heterocycles. The van der Waals surface area contributed by atoms with Crippen molar-refractivity contribution >= 4 is 44.9 Å². The summed E-state index contributed by atoms with van der Waals surface area (Å²) in [5, 5.41) is 20.4. The first-order chi connectivity index (χ1) is 12.3. The Balaban J connectivity index is 2.21. The van der Waals surface area contributed by atoms with Gasteiger partial charge in [-0.05, 0) is 47.2 Å². The van der Waals surface area contributed by atoms with E-state index in [-0.39, 0.29) is 0 Å². The van der Waals surface area contributed by atoms with Crippen LogP contribution < -0.4 is 20.9 Å². The maximum absolute atomic E-state index is 10.8. The number of carboxylic acids is 2. The standard InChI is InChI=1S/C18H16N2O6/c19-13-5-9-3-11-12(4-10(9)6-14(13)20)16(26-8-18(23)24)2-1-15(11)25-7-17(21)22/h1-6H,7-8,19-20H2,(H,21,22)(H,23,24). The lowest BCUT2D eigenvalue weighted by Crippen LogP contribution is -2.11. The molecule has 26 heavy (non-hydrogen) atoms. The van der Waals surface area contributed by atoms with Crippen molar-refractivity contribution in [2.75, 3.05) is 24.7 Å². The smallest absolute Gasteiger partial charge is 0.341 e. The van der Waals surface area contributed by atoms with Crippen molar-refractivity contribution in [2.24, 2.45) is 0 Å². The molecule has 0 aliphatic carbocycles. The molecule has 0 radical (unpaired) electrons. The number of hydrogen-bond donors (Lipinski definition) is 4. The van der Waals surface area contributed by atoms with E-state index in [0.717, 1.165) is 10.8 Å².